The molecule has 0 aromatic carbocycles. The highest BCUT2D eigenvalue weighted by Gasteiger charge is 2.27. The molecule has 1 saturated heterocycles. The van der Waals surface area contributed by atoms with Crippen molar-refractivity contribution in [1.29, 1.82) is 0 Å². The van der Waals surface area contributed by atoms with Crippen LogP contribution in [0.25, 0.3) is 0 Å². The third-order valence-electron chi connectivity index (χ3n) is 2.58. The fourth-order valence-electron chi connectivity index (χ4n) is 1.42. The summed E-state index contributed by atoms with van der Waals surface area (Å²) < 4.78 is 9.61. The van der Waals surface area contributed by atoms with E-state index in [1.165, 1.54) is 0 Å². The molecular formula is C14H23NO4. The zero-order valence-electron chi connectivity index (χ0n) is 12.1. The van der Waals surface area contributed by atoms with E-state index in [0.717, 1.165) is 13.0 Å². The first kappa shape index (κ1) is 15.9. The molecule has 1 N–H and O–H groups in total. The molecule has 1 atom stereocenters. The molecule has 1 rings (SSSR count). The molecule has 0 aliphatic carbocycles. The second kappa shape index (κ2) is 6.82. The van der Waals surface area contributed by atoms with Crippen molar-refractivity contribution in [2.45, 2.75) is 52.2 Å². The van der Waals surface area contributed by atoms with Crippen molar-refractivity contribution in [1.82, 2.24) is 5.32 Å². The lowest BCUT2D eigenvalue weighted by atomic mass is 10.1. The van der Waals surface area contributed by atoms with Crippen molar-refractivity contribution >= 4 is 11.9 Å². The maximum atomic E-state index is 11.6. The smallest absolute Gasteiger partial charge is 0.341 e. The number of carbonyl (C=O) groups excluding carboxylic acids is 2. The highest BCUT2D eigenvalue weighted by atomic mass is 16.6. The second-order valence-electron chi connectivity index (χ2n) is 5.77. The highest BCUT2D eigenvalue weighted by molar-refractivity contribution is 5.95. The Bertz CT molecular complexity index is 364. The number of hydrogen-bond acceptors (Lipinski definition) is 5. The van der Waals surface area contributed by atoms with E-state index in [4.69, 9.17) is 9.47 Å². The maximum absolute atomic E-state index is 11.6. The van der Waals surface area contributed by atoms with Crippen LogP contribution in [0.1, 0.15) is 40.5 Å². The maximum Gasteiger partial charge on any atom is 0.341 e. The summed E-state index contributed by atoms with van der Waals surface area (Å²) in [5, 5.41) is 3.31. The predicted octanol–water partition coefficient (Wildman–Crippen LogP) is 1.57. The molecule has 0 spiro atoms. The van der Waals surface area contributed by atoms with Gasteiger partial charge in [0, 0.05) is 11.1 Å². The lowest BCUT2D eigenvalue weighted by Crippen LogP contribution is -2.36. The molecule has 1 unspecified atom stereocenters. The Morgan fingerprint density at radius 1 is 1.42 bits per heavy atom. The van der Waals surface area contributed by atoms with Crippen LogP contribution in [0.2, 0.25) is 0 Å². The molecule has 1 aliphatic rings. The number of nitrogens with one attached hydrogen (secondary N) is 1. The van der Waals surface area contributed by atoms with E-state index in [1.54, 1.807) is 13.0 Å². The van der Waals surface area contributed by atoms with Gasteiger partial charge in [0.2, 0.25) is 0 Å². The highest BCUT2D eigenvalue weighted by Crippen LogP contribution is 2.14. The predicted molar refractivity (Wildman–Crippen MR) is 71.6 cm³/mol. The monoisotopic (exact) mass is 269 g/mol. The normalized spacial score (nSPS) is 19.2. The van der Waals surface area contributed by atoms with Crippen LogP contribution in [0.4, 0.5) is 0 Å². The summed E-state index contributed by atoms with van der Waals surface area (Å²) in [4.78, 5) is 22.9. The van der Waals surface area contributed by atoms with Crippen molar-refractivity contribution in [2.24, 2.45) is 0 Å². The zero-order chi connectivity index (χ0) is 14.5. The summed E-state index contributed by atoms with van der Waals surface area (Å²) >= 11 is 0. The van der Waals surface area contributed by atoms with Gasteiger partial charge in [0.15, 0.2) is 0 Å². The first-order chi connectivity index (χ1) is 8.78. The minimum absolute atomic E-state index is 0.0550. The van der Waals surface area contributed by atoms with E-state index in [9.17, 15) is 9.59 Å². The number of esters is 2. The molecule has 0 saturated carbocycles. The van der Waals surface area contributed by atoms with Crippen molar-refractivity contribution in [2.75, 3.05) is 13.2 Å². The second-order valence-corrected chi connectivity index (χ2v) is 5.77. The van der Waals surface area contributed by atoms with E-state index >= 15 is 0 Å². The van der Waals surface area contributed by atoms with E-state index < -0.39 is 11.9 Å². The topological polar surface area (TPSA) is 67.9 Å². The summed E-state index contributed by atoms with van der Waals surface area (Å²) in [7, 11) is 0. The zero-order valence-corrected chi connectivity index (χ0v) is 12.1. The summed E-state index contributed by atoms with van der Waals surface area (Å²) in [5.41, 5.74) is 0.517. The van der Waals surface area contributed by atoms with Gasteiger partial charge in [-0.15, -0.1) is 0 Å². The van der Waals surface area contributed by atoms with Crippen LogP contribution in [0, 0.1) is 0 Å². The molecule has 5 nitrogen and oxygen atoms in total. The van der Waals surface area contributed by atoms with Gasteiger partial charge in [0.05, 0.1) is 19.1 Å². The summed E-state index contributed by atoms with van der Waals surface area (Å²) in [6.07, 6.45) is 2.60. The van der Waals surface area contributed by atoms with Gasteiger partial charge in [-0.25, -0.2) is 4.79 Å². The van der Waals surface area contributed by atoms with Crippen molar-refractivity contribution < 1.29 is 19.1 Å². The van der Waals surface area contributed by atoms with E-state index in [1.807, 2.05) is 0 Å². The molecule has 0 radical (unpaired) electrons. The molecule has 1 heterocycles. The van der Waals surface area contributed by atoms with Crippen LogP contribution >= 0.6 is 0 Å². The number of rotatable bonds is 6. The van der Waals surface area contributed by atoms with E-state index in [2.05, 4.69) is 26.1 Å². The first-order valence-corrected chi connectivity index (χ1v) is 6.56. The molecule has 108 valence electrons. The largest absolute Gasteiger partial charge is 0.390 e. The van der Waals surface area contributed by atoms with Crippen molar-refractivity contribution in [3.05, 3.63) is 11.6 Å². The number of epoxide rings is 1. The average molecular weight is 269 g/mol. The summed E-state index contributed by atoms with van der Waals surface area (Å²) in [5.74, 6) is -1.09. The minimum atomic E-state index is -0.568. The van der Waals surface area contributed by atoms with Crippen LogP contribution in [-0.4, -0.2) is 36.7 Å². The van der Waals surface area contributed by atoms with E-state index in [0.29, 0.717) is 12.2 Å². The Kier molecular flexibility index (Phi) is 5.69. The molecule has 0 aromatic rings. The quantitative estimate of drug-likeness (QED) is 0.261. The Morgan fingerprint density at radius 3 is 2.58 bits per heavy atom. The summed E-state index contributed by atoms with van der Waals surface area (Å²) in [6.45, 7) is 9.25. The molecule has 5 heteroatoms. The Balaban J connectivity index is 2.24. The van der Waals surface area contributed by atoms with Crippen LogP contribution in [-0.2, 0) is 19.1 Å². The number of hydrogen-bond donors (Lipinski definition) is 1. The van der Waals surface area contributed by atoms with Crippen molar-refractivity contribution in [3.63, 3.8) is 0 Å². The third kappa shape index (κ3) is 7.74. The number of carbonyl (C=O) groups is 2. The molecular weight excluding hydrogens is 246 g/mol. The van der Waals surface area contributed by atoms with Gasteiger partial charge in [0.1, 0.15) is 0 Å². The SMILES string of the molecule is CC(=CCCNC(C)(C)C)C(=O)OC(=O)CC1CO1. The Morgan fingerprint density at radius 2 is 2.05 bits per heavy atom. The van der Waals surface area contributed by atoms with Gasteiger partial charge in [-0.05, 0) is 40.7 Å². The van der Waals surface area contributed by atoms with Gasteiger partial charge < -0.3 is 14.8 Å². The van der Waals surface area contributed by atoms with Gasteiger partial charge in [-0.2, -0.15) is 0 Å². The van der Waals surface area contributed by atoms with Gasteiger partial charge in [-0.1, -0.05) is 6.08 Å². The van der Waals surface area contributed by atoms with Gasteiger partial charge in [-0.3, -0.25) is 4.79 Å². The minimum Gasteiger partial charge on any atom is -0.390 e. The van der Waals surface area contributed by atoms with Crippen LogP contribution in [0.5, 0.6) is 0 Å². The van der Waals surface area contributed by atoms with Crippen LogP contribution in [0.3, 0.4) is 0 Å². The lowest BCUT2D eigenvalue weighted by molar-refractivity contribution is -0.157. The van der Waals surface area contributed by atoms with E-state index in [-0.39, 0.29) is 18.1 Å². The molecule has 0 aromatic heterocycles. The van der Waals surface area contributed by atoms with Crippen LogP contribution < -0.4 is 5.32 Å². The fourth-order valence-corrected chi connectivity index (χ4v) is 1.42. The standard InChI is InChI=1S/C14H23NO4/c1-10(6-5-7-15-14(2,3)4)13(17)19-12(16)8-11-9-18-11/h6,11,15H,5,7-9H2,1-4H3. The average Bonchev–Trinajstić information content (AvgIpc) is 3.06. The number of ether oxygens (including phenoxy) is 2. The first-order valence-electron chi connectivity index (χ1n) is 6.56. The molecule has 1 aliphatic heterocycles. The summed E-state index contributed by atoms with van der Waals surface area (Å²) in [6, 6.07) is 0. The molecule has 0 bridgehead atoms. The Hall–Kier alpha value is -1.20. The molecule has 1 fully saturated rings. The molecule has 19 heavy (non-hydrogen) atoms. The van der Waals surface area contributed by atoms with Crippen molar-refractivity contribution in [3.8, 4) is 0 Å². The lowest BCUT2D eigenvalue weighted by Gasteiger charge is -2.19. The van der Waals surface area contributed by atoms with Gasteiger partial charge >= 0.3 is 11.9 Å². The van der Waals surface area contributed by atoms with Crippen LogP contribution in [0.15, 0.2) is 11.6 Å². The van der Waals surface area contributed by atoms with Gasteiger partial charge in [0.25, 0.3) is 0 Å². The molecule has 0 amide bonds. The third-order valence-corrected chi connectivity index (χ3v) is 2.58. The fraction of sp³-hybridized carbons (Fsp3) is 0.714. The Labute approximate surface area is 114 Å².